The Morgan fingerprint density at radius 1 is 1.02 bits per heavy atom. The summed E-state index contributed by atoms with van der Waals surface area (Å²) in [6, 6.07) is 14.0. The Morgan fingerprint density at radius 2 is 1.80 bits per heavy atom. The summed E-state index contributed by atoms with van der Waals surface area (Å²) in [5, 5.41) is 13.9. The summed E-state index contributed by atoms with van der Waals surface area (Å²) < 4.78 is 63.5. The van der Waals surface area contributed by atoms with Crippen LogP contribution in [0.3, 0.4) is 0 Å². The molecule has 2 aromatic carbocycles. The molecule has 0 amide bonds. The Labute approximate surface area is 266 Å². The van der Waals surface area contributed by atoms with Crippen LogP contribution >= 0.6 is 23.2 Å². The lowest BCUT2D eigenvalue weighted by molar-refractivity contribution is -0.159. The average Bonchev–Trinajstić information content (AvgIpc) is 3.59. The van der Waals surface area contributed by atoms with Crippen molar-refractivity contribution < 1.29 is 26.8 Å². The molecule has 1 saturated heterocycles. The third-order valence-corrected chi connectivity index (χ3v) is 8.58. The van der Waals surface area contributed by atoms with Gasteiger partial charge in [0.15, 0.2) is 0 Å². The SMILES string of the molecule is N#CC1(Cc2cc(-c3noc(C(F)(F)F)n3)cnc2CN2CCN(c3ccc(Cl)c(OCc4ccc(Cl)cc4F)c3)CC2)CC1. The molecule has 4 aromatic rings. The molecule has 2 aromatic heterocycles. The van der Waals surface area contributed by atoms with Gasteiger partial charge in [-0.15, -0.1) is 0 Å². The zero-order valence-electron chi connectivity index (χ0n) is 23.8. The van der Waals surface area contributed by atoms with E-state index in [9.17, 15) is 22.8 Å². The van der Waals surface area contributed by atoms with Gasteiger partial charge in [0.2, 0.25) is 5.82 Å². The monoisotopic (exact) mass is 660 g/mol. The van der Waals surface area contributed by atoms with Gasteiger partial charge in [-0.3, -0.25) is 9.88 Å². The Hall–Kier alpha value is -3.92. The van der Waals surface area contributed by atoms with E-state index in [0.29, 0.717) is 66.1 Å². The summed E-state index contributed by atoms with van der Waals surface area (Å²) in [4.78, 5) is 12.5. The van der Waals surface area contributed by atoms with E-state index in [0.717, 1.165) is 29.8 Å². The van der Waals surface area contributed by atoms with Gasteiger partial charge in [-0.1, -0.05) is 34.4 Å². The van der Waals surface area contributed by atoms with Crippen LogP contribution in [0.25, 0.3) is 11.4 Å². The van der Waals surface area contributed by atoms with E-state index in [1.54, 1.807) is 24.3 Å². The van der Waals surface area contributed by atoms with Crippen molar-refractivity contribution in [2.24, 2.45) is 5.41 Å². The molecule has 14 heteroatoms. The van der Waals surface area contributed by atoms with Crippen molar-refractivity contribution in [3.63, 3.8) is 0 Å². The first kappa shape index (κ1) is 31.1. The molecule has 1 aliphatic heterocycles. The Bertz CT molecular complexity index is 1750. The van der Waals surface area contributed by atoms with Crippen LogP contribution in [0.5, 0.6) is 5.75 Å². The summed E-state index contributed by atoms with van der Waals surface area (Å²) in [5.74, 6) is -1.65. The maximum absolute atomic E-state index is 14.2. The number of pyridine rings is 1. The second kappa shape index (κ2) is 12.5. The molecular weight excluding hydrogens is 635 g/mol. The number of ether oxygens (including phenoxy) is 1. The predicted octanol–water partition coefficient (Wildman–Crippen LogP) is 7.34. The average molecular weight is 661 g/mol. The van der Waals surface area contributed by atoms with Gasteiger partial charge in [0, 0.05) is 66.8 Å². The summed E-state index contributed by atoms with van der Waals surface area (Å²) in [6.45, 7) is 3.32. The Balaban J connectivity index is 1.12. The number of hydrogen-bond acceptors (Lipinski definition) is 8. The minimum Gasteiger partial charge on any atom is -0.487 e. The molecule has 0 bridgehead atoms. The van der Waals surface area contributed by atoms with Gasteiger partial charge in [0.1, 0.15) is 18.2 Å². The quantitative estimate of drug-likeness (QED) is 0.172. The largest absolute Gasteiger partial charge is 0.487 e. The Morgan fingerprint density at radius 3 is 2.47 bits per heavy atom. The van der Waals surface area contributed by atoms with Crippen LogP contribution in [0, 0.1) is 22.6 Å². The van der Waals surface area contributed by atoms with Crippen LogP contribution in [-0.2, 0) is 25.7 Å². The summed E-state index contributed by atoms with van der Waals surface area (Å²) in [7, 11) is 0. The standard InChI is InChI=1S/C31H26Cl2F4N6O2/c32-22-2-1-19(25(34)12-22)17-44-27-13-23(3-4-24(27)33)43-9-7-42(8-10-43)16-26-20(14-30(18-38)5-6-30)11-21(15-39-26)28-40-29(45-41-28)31(35,36)37/h1-4,11-13,15H,5-10,14,16-17H2. The molecule has 1 aliphatic carbocycles. The van der Waals surface area contributed by atoms with Crippen LogP contribution < -0.4 is 9.64 Å². The van der Waals surface area contributed by atoms with E-state index in [2.05, 4.69) is 35.5 Å². The molecule has 8 nitrogen and oxygen atoms in total. The van der Waals surface area contributed by atoms with Crippen molar-refractivity contribution in [2.75, 3.05) is 31.1 Å². The van der Waals surface area contributed by atoms with E-state index < -0.39 is 23.3 Å². The lowest BCUT2D eigenvalue weighted by atomic mass is 9.95. The molecule has 2 aliphatic rings. The minimum atomic E-state index is -4.75. The first-order valence-corrected chi connectivity index (χ1v) is 14.9. The van der Waals surface area contributed by atoms with Crippen LogP contribution in [0.15, 0.2) is 53.2 Å². The topological polar surface area (TPSA) is 91.3 Å². The minimum absolute atomic E-state index is 0.00260. The van der Waals surface area contributed by atoms with E-state index >= 15 is 0 Å². The van der Waals surface area contributed by atoms with Crippen molar-refractivity contribution in [3.8, 4) is 23.2 Å². The highest BCUT2D eigenvalue weighted by molar-refractivity contribution is 6.32. The first-order valence-electron chi connectivity index (χ1n) is 14.2. The third kappa shape index (κ3) is 7.16. The number of benzene rings is 2. The molecule has 1 saturated carbocycles. The highest BCUT2D eigenvalue weighted by Gasteiger charge is 2.44. The highest BCUT2D eigenvalue weighted by Crippen LogP contribution is 2.48. The maximum Gasteiger partial charge on any atom is 0.471 e. The number of hydrogen-bond donors (Lipinski definition) is 0. The normalized spacial score (nSPS) is 16.4. The molecule has 0 unspecified atom stereocenters. The van der Waals surface area contributed by atoms with Crippen LogP contribution in [0.1, 0.15) is 35.6 Å². The molecule has 0 spiro atoms. The second-order valence-corrected chi connectivity index (χ2v) is 12.1. The highest BCUT2D eigenvalue weighted by atomic mass is 35.5. The zero-order chi connectivity index (χ0) is 31.8. The number of aromatic nitrogens is 3. The van der Waals surface area contributed by atoms with Crippen molar-refractivity contribution in [2.45, 2.75) is 38.6 Å². The molecule has 2 fully saturated rings. The number of alkyl halides is 3. The fourth-order valence-corrected chi connectivity index (χ4v) is 5.56. The third-order valence-electron chi connectivity index (χ3n) is 8.03. The molecule has 0 atom stereocenters. The molecule has 0 radical (unpaired) electrons. The maximum atomic E-state index is 14.2. The molecule has 3 heterocycles. The van der Waals surface area contributed by atoms with Gasteiger partial charge < -0.3 is 14.2 Å². The van der Waals surface area contributed by atoms with Gasteiger partial charge >= 0.3 is 12.1 Å². The van der Waals surface area contributed by atoms with E-state index in [1.807, 2.05) is 12.1 Å². The summed E-state index contributed by atoms with van der Waals surface area (Å²) in [6.07, 6.45) is -1.35. The van der Waals surface area contributed by atoms with Crippen molar-refractivity contribution in [3.05, 3.63) is 87.2 Å². The van der Waals surface area contributed by atoms with Crippen molar-refractivity contribution >= 4 is 28.9 Å². The summed E-state index contributed by atoms with van der Waals surface area (Å²) in [5.41, 5.74) is 2.62. The first-order chi connectivity index (χ1) is 21.5. The lowest BCUT2D eigenvalue weighted by Gasteiger charge is -2.36. The van der Waals surface area contributed by atoms with Gasteiger partial charge in [0.05, 0.1) is 22.2 Å². The van der Waals surface area contributed by atoms with E-state index in [4.69, 9.17) is 27.9 Å². The number of halogens is 6. The second-order valence-electron chi connectivity index (χ2n) is 11.2. The van der Waals surface area contributed by atoms with Crippen LogP contribution in [0.4, 0.5) is 23.2 Å². The smallest absolute Gasteiger partial charge is 0.471 e. The summed E-state index contributed by atoms with van der Waals surface area (Å²) >= 11 is 12.2. The fourth-order valence-electron chi connectivity index (χ4n) is 5.23. The zero-order valence-corrected chi connectivity index (χ0v) is 25.3. The number of nitrogens with zero attached hydrogens (tertiary/aromatic N) is 6. The van der Waals surface area contributed by atoms with Crippen LogP contribution in [0.2, 0.25) is 10.0 Å². The van der Waals surface area contributed by atoms with Crippen molar-refractivity contribution in [1.29, 1.82) is 5.26 Å². The molecule has 0 N–H and O–H groups in total. The number of rotatable bonds is 9. The lowest BCUT2D eigenvalue weighted by Crippen LogP contribution is -2.46. The number of piperazine rings is 1. The van der Waals surface area contributed by atoms with Gasteiger partial charge in [-0.05, 0) is 55.2 Å². The van der Waals surface area contributed by atoms with E-state index in [1.165, 1.54) is 12.3 Å². The molecule has 234 valence electrons. The predicted molar refractivity (Wildman–Crippen MR) is 158 cm³/mol. The van der Waals surface area contributed by atoms with Gasteiger partial charge in [-0.25, -0.2) is 4.39 Å². The van der Waals surface area contributed by atoms with Gasteiger partial charge in [0.25, 0.3) is 0 Å². The number of anilines is 1. The van der Waals surface area contributed by atoms with E-state index in [-0.39, 0.29) is 12.4 Å². The van der Waals surface area contributed by atoms with Crippen LogP contribution in [-0.4, -0.2) is 46.2 Å². The number of nitriles is 1. The molecule has 45 heavy (non-hydrogen) atoms. The fraction of sp³-hybridized carbons (Fsp3) is 0.355. The molecule has 6 rings (SSSR count). The molecular formula is C31H26Cl2F4N6O2. The Kier molecular flexibility index (Phi) is 8.61. The van der Waals surface area contributed by atoms with Crippen molar-refractivity contribution in [1.82, 2.24) is 20.0 Å². The van der Waals surface area contributed by atoms with Gasteiger partial charge in [-0.2, -0.15) is 23.4 Å².